The third-order valence-electron chi connectivity index (χ3n) is 3.37. The second-order valence-electron chi connectivity index (χ2n) is 4.72. The summed E-state index contributed by atoms with van der Waals surface area (Å²) in [6, 6.07) is 0.512. The van der Waals surface area contributed by atoms with Crippen LogP contribution in [-0.2, 0) is 4.74 Å². The van der Waals surface area contributed by atoms with Gasteiger partial charge >= 0.3 is 0 Å². The average molecular weight is 377 g/mol. The number of hydrogen-bond acceptors (Lipinski definition) is 2. The second-order valence-corrected chi connectivity index (χ2v) is 4.72. The Kier molecular flexibility index (Phi) is 8.13. The van der Waals surface area contributed by atoms with E-state index in [0.29, 0.717) is 6.04 Å². The SMILES string of the molecule is CN=C(NCCC1=CCOCC1)NC1CC=CC1.I. The van der Waals surface area contributed by atoms with Crippen molar-refractivity contribution >= 4 is 29.9 Å². The lowest BCUT2D eigenvalue weighted by Gasteiger charge is -2.18. The van der Waals surface area contributed by atoms with Crippen molar-refractivity contribution in [3.8, 4) is 0 Å². The topological polar surface area (TPSA) is 45.7 Å². The molecule has 5 heteroatoms. The van der Waals surface area contributed by atoms with Crippen molar-refractivity contribution in [3.05, 3.63) is 23.8 Å². The largest absolute Gasteiger partial charge is 0.377 e. The van der Waals surface area contributed by atoms with E-state index in [9.17, 15) is 0 Å². The van der Waals surface area contributed by atoms with Crippen LogP contribution in [0.3, 0.4) is 0 Å². The van der Waals surface area contributed by atoms with E-state index in [1.165, 1.54) is 5.57 Å². The fourth-order valence-corrected chi connectivity index (χ4v) is 2.26. The van der Waals surface area contributed by atoms with Crippen LogP contribution in [0.4, 0.5) is 0 Å². The summed E-state index contributed by atoms with van der Waals surface area (Å²) in [4.78, 5) is 4.26. The van der Waals surface area contributed by atoms with Crippen molar-refractivity contribution in [1.29, 1.82) is 0 Å². The van der Waals surface area contributed by atoms with Crippen LogP contribution in [0.15, 0.2) is 28.8 Å². The zero-order chi connectivity index (χ0) is 12.6. The smallest absolute Gasteiger partial charge is 0.191 e. The molecule has 0 unspecified atom stereocenters. The summed E-state index contributed by atoms with van der Waals surface area (Å²) < 4.78 is 5.30. The normalized spacial score (nSPS) is 19.8. The van der Waals surface area contributed by atoms with E-state index in [4.69, 9.17) is 4.74 Å². The first-order valence-electron chi connectivity index (χ1n) is 6.76. The number of rotatable bonds is 4. The van der Waals surface area contributed by atoms with E-state index in [0.717, 1.165) is 51.4 Å². The minimum Gasteiger partial charge on any atom is -0.377 e. The quantitative estimate of drug-likeness (QED) is 0.342. The van der Waals surface area contributed by atoms with Gasteiger partial charge in [0.2, 0.25) is 0 Å². The minimum absolute atomic E-state index is 0. The first-order valence-corrected chi connectivity index (χ1v) is 6.76. The summed E-state index contributed by atoms with van der Waals surface area (Å²) in [5.41, 5.74) is 1.49. The molecule has 0 aromatic carbocycles. The lowest BCUT2D eigenvalue weighted by molar-refractivity contribution is 0.153. The molecule has 0 fully saturated rings. The molecule has 0 amide bonds. The summed E-state index contributed by atoms with van der Waals surface area (Å²) in [7, 11) is 1.82. The maximum Gasteiger partial charge on any atom is 0.191 e. The highest BCUT2D eigenvalue weighted by Crippen LogP contribution is 2.11. The van der Waals surface area contributed by atoms with Gasteiger partial charge in [0, 0.05) is 19.6 Å². The predicted octanol–water partition coefficient (Wildman–Crippen LogP) is 2.22. The highest BCUT2D eigenvalue weighted by atomic mass is 127. The van der Waals surface area contributed by atoms with Crippen molar-refractivity contribution in [1.82, 2.24) is 10.6 Å². The third-order valence-corrected chi connectivity index (χ3v) is 3.37. The summed E-state index contributed by atoms with van der Waals surface area (Å²) in [6.45, 7) is 2.58. The Morgan fingerprint density at radius 1 is 1.42 bits per heavy atom. The molecule has 0 aromatic heterocycles. The molecule has 0 saturated heterocycles. The Labute approximate surface area is 132 Å². The van der Waals surface area contributed by atoms with Crippen LogP contribution in [0.25, 0.3) is 0 Å². The van der Waals surface area contributed by atoms with Crippen LogP contribution in [-0.4, -0.2) is 38.8 Å². The molecule has 0 saturated carbocycles. The van der Waals surface area contributed by atoms with Crippen LogP contribution in [0.5, 0.6) is 0 Å². The van der Waals surface area contributed by atoms with Crippen LogP contribution in [0.1, 0.15) is 25.7 Å². The maximum atomic E-state index is 5.30. The number of guanidine groups is 1. The second kappa shape index (κ2) is 9.36. The maximum absolute atomic E-state index is 5.30. The minimum atomic E-state index is 0. The zero-order valence-corrected chi connectivity index (χ0v) is 13.9. The molecular weight excluding hydrogens is 353 g/mol. The third kappa shape index (κ3) is 5.95. The Bertz CT molecular complexity index is 345. The van der Waals surface area contributed by atoms with E-state index < -0.39 is 0 Å². The summed E-state index contributed by atoms with van der Waals surface area (Å²) >= 11 is 0. The molecule has 2 rings (SSSR count). The molecule has 0 bridgehead atoms. The highest BCUT2D eigenvalue weighted by Gasteiger charge is 2.11. The van der Waals surface area contributed by atoms with Gasteiger partial charge in [0.25, 0.3) is 0 Å². The summed E-state index contributed by atoms with van der Waals surface area (Å²) in [5.74, 6) is 0.913. The summed E-state index contributed by atoms with van der Waals surface area (Å²) in [6.07, 6.45) is 11.0. The van der Waals surface area contributed by atoms with E-state index in [1.54, 1.807) is 0 Å². The number of halogens is 1. The van der Waals surface area contributed by atoms with Gasteiger partial charge in [0.15, 0.2) is 5.96 Å². The molecular formula is C14H24IN3O. The molecule has 0 aromatic rings. The number of hydrogen-bond donors (Lipinski definition) is 2. The van der Waals surface area contributed by atoms with Gasteiger partial charge in [-0.25, -0.2) is 0 Å². The van der Waals surface area contributed by atoms with Gasteiger partial charge in [0.05, 0.1) is 13.2 Å². The van der Waals surface area contributed by atoms with Crippen molar-refractivity contribution in [2.24, 2.45) is 4.99 Å². The fourth-order valence-electron chi connectivity index (χ4n) is 2.26. The van der Waals surface area contributed by atoms with E-state index >= 15 is 0 Å². The zero-order valence-electron chi connectivity index (χ0n) is 11.5. The molecule has 2 aliphatic rings. The lowest BCUT2D eigenvalue weighted by atomic mass is 10.1. The molecule has 108 valence electrons. The van der Waals surface area contributed by atoms with Gasteiger partial charge in [-0.15, -0.1) is 24.0 Å². The number of aliphatic imine (C=N–C) groups is 1. The van der Waals surface area contributed by atoms with Crippen LogP contribution < -0.4 is 10.6 Å². The standard InChI is InChI=1S/C14H23N3O.HI/c1-15-14(17-13-4-2-3-5-13)16-9-6-12-7-10-18-11-8-12;/h2-3,7,13H,4-6,8-11H2,1H3,(H2,15,16,17);1H. The Morgan fingerprint density at radius 2 is 2.21 bits per heavy atom. The van der Waals surface area contributed by atoms with Gasteiger partial charge in [0.1, 0.15) is 0 Å². The first kappa shape index (κ1) is 16.5. The van der Waals surface area contributed by atoms with E-state index in [2.05, 4.69) is 33.9 Å². The molecule has 0 atom stereocenters. The van der Waals surface area contributed by atoms with Crippen LogP contribution in [0, 0.1) is 0 Å². The predicted molar refractivity (Wildman–Crippen MR) is 90.2 cm³/mol. The molecule has 19 heavy (non-hydrogen) atoms. The fraction of sp³-hybridized carbons (Fsp3) is 0.643. The van der Waals surface area contributed by atoms with E-state index in [-0.39, 0.29) is 24.0 Å². The number of nitrogens with one attached hydrogen (secondary N) is 2. The molecule has 0 radical (unpaired) electrons. The number of ether oxygens (including phenoxy) is 1. The Balaban J connectivity index is 0.00000180. The molecule has 0 spiro atoms. The van der Waals surface area contributed by atoms with Crippen LogP contribution in [0.2, 0.25) is 0 Å². The van der Waals surface area contributed by atoms with Gasteiger partial charge in [-0.1, -0.05) is 23.8 Å². The van der Waals surface area contributed by atoms with Crippen LogP contribution >= 0.6 is 24.0 Å². The average Bonchev–Trinajstić information content (AvgIpc) is 2.92. The molecule has 2 N–H and O–H groups in total. The molecule has 1 aliphatic carbocycles. The van der Waals surface area contributed by atoms with Gasteiger partial charge < -0.3 is 15.4 Å². The molecule has 4 nitrogen and oxygen atoms in total. The Hall–Kier alpha value is -0.560. The lowest BCUT2D eigenvalue weighted by Crippen LogP contribution is -2.42. The van der Waals surface area contributed by atoms with E-state index in [1.807, 2.05) is 7.05 Å². The van der Waals surface area contributed by atoms with Gasteiger partial charge in [-0.2, -0.15) is 0 Å². The summed E-state index contributed by atoms with van der Waals surface area (Å²) in [5, 5.41) is 6.81. The molecule has 1 aliphatic heterocycles. The van der Waals surface area contributed by atoms with Crippen molar-refractivity contribution in [3.63, 3.8) is 0 Å². The monoisotopic (exact) mass is 377 g/mol. The Morgan fingerprint density at radius 3 is 2.84 bits per heavy atom. The van der Waals surface area contributed by atoms with Crippen molar-refractivity contribution in [2.45, 2.75) is 31.7 Å². The molecule has 1 heterocycles. The van der Waals surface area contributed by atoms with Gasteiger partial charge in [-0.3, -0.25) is 4.99 Å². The van der Waals surface area contributed by atoms with Gasteiger partial charge in [-0.05, 0) is 25.7 Å². The van der Waals surface area contributed by atoms with Crippen molar-refractivity contribution in [2.75, 3.05) is 26.8 Å². The number of nitrogens with zero attached hydrogens (tertiary/aromatic N) is 1. The van der Waals surface area contributed by atoms with Crippen molar-refractivity contribution < 1.29 is 4.74 Å². The highest BCUT2D eigenvalue weighted by molar-refractivity contribution is 14.0. The first-order chi connectivity index (χ1) is 8.88.